The van der Waals surface area contributed by atoms with Crippen molar-refractivity contribution in [3.63, 3.8) is 0 Å². The topological polar surface area (TPSA) is 66.9 Å². The van der Waals surface area contributed by atoms with Crippen LogP contribution >= 0.6 is 0 Å². The van der Waals surface area contributed by atoms with Crippen molar-refractivity contribution in [3.05, 3.63) is 52.2 Å². The molecule has 0 unspecified atom stereocenters. The van der Waals surface area contributed by atoms with Gasteiger partial charge >= 0.3 is 11.9 Å². The van der Waals surface area contributed by atoms with E-state index in [-0.39, 0.29) is 23.8 Å². The molecule has 2 N–H and O–H groups in total. The summed E-state index contributed by atoms with van der Waals surface area (Å²) in [4.78, 5) is 26.1. The minimum absolute atomic E-state index is 0.0576. The summed E-state index contributed by atoms with van der Waals surface area (Å²) in [5, 5.41) is 2.51. The van der Waals surface area contributed by atoms with Gasteiger partial charge in [-0.2, -0.15) is 13.2 Å². The minimum Gasteiger partial charge on any atom is -0.326 e. The Morgan fingerprint density at radius 1 is 1.26 bits per heavy atom. The Hall–Kier alpha value is -2.51. The zero-order valence-electron chi connectivity index (χ0n) is 12.6. The number of alkyl halides is 3. The van der Waals surface area contributed by atoms with Crippen LogP contribution in [0.5, 0.6) is 0 Å². The molecular weight excluding hydrogens is 311 g/mol. The molecule has 0 saturated carbocycles. The van der Waals surface area contributed by atoms with Crippen molar-refractivity contribution >= 4 is 11.6 Å². The Labute approximate surface area is 130 Å². The smallest absolute Gasteiger partial charge is 0.326 e. The number of hydrogen-bond donors (Lipinski definition) is 2. The first-order valence-corrected chi connectivity index (χ1v) is 6.94. The average molecular weight is 327 g/mol. The highest BCUT2D eigenvalue weighted by atomic mass is 19.4. The van der Waals surface area contributed by atoms with E-state index in [0.29, 0.717) is 5.69 Å². The van der Waals surface area contributed by atoms with E-state index in [2.05, 4.69) is 10.3 Å². The van der Waals surface area contributed by atoms with E-state index in [1.807, 2.05) is 13.8 Å². The van der Waals surface area contributed by atoms with Crippen molar-refractivity contribution < 1.29 is 18.0 Å². The van der Waals surface area contributed by atoms with Crippen molar-refractivity contribution in [1.29, 1.82) is 0 Å². The fraction of sp³-hybridized carbons (Fsp3) is 0.333. The number of imidazole rings is 1. The van der Waals surface area contributed by atoms with E-state index >= 15 is 0 Å². The molecule has 1 heterocycles. The van der Waals surface area contributed by atoms with Crippen molar-refractivity contribution in [3.8, 4) is 0 Å². The van der Waals surface area contributed by atoms with Crippen LogP contribution in [0.4, 0.5) is 18.9 Å². The first kappa shape index (κ1) is 16.9. The number of nitrogens with zero attached hydrogens (tertiary/aromatic N) is 1. The molecule has 124 valence electrons. The average Bonchev–Trinajstić information content (AvgIpc) is 2.79. The Kier molecular flexibility index (Phi) is 4.63. The molecule has 0 saturated heterocycles. The summed E-state index contributed by atoms with van der Waals surface area (Å²) < 4.78 is 38.9. The van der Waals surface area contributed by atoms with Gasteiger partial charge in [-0.3, -0.25) is 9.36 Å². The SMILES string of the molecule is CC(C)n1c(CC(=O)Nc2ccc(C(F)(F)F)cc2)c[nH]c1=O. The molecule has 8 heteroatoms. The van der Waals surface area contributed by atoms with Gasteiger partial charge in [0.1, 0.15) is 0 Å². The third-order valence-corrected chi connectivity index (χ3v) is 3.24. The lowest BCUT2D eigenvalue weighted by atomic mass is 10.2. The quantitative estimate of drug-likeness (QED) is 0.906. The van der Waals surface area contributed by atoms with Crippen LogP contribution in [0.25, 0.3) is 0 Å². The largest absolute Gasteiger partial charge is 0.416 e. The van der Waals surface area contributed by atoms with Crippen LogP contribution in [-0.2, 0) is 17.4 Å². The van der Waals surface area contributed by atoms with Gasteiger partial charge in [0.15, 0.2) is 0 Å². The van der Waals surface area contributed by atoms with Crippen molar-refractivity contribution in [2.24, 2.45) is 0 Å². The molecule has 0 bridgehead atoms. The Bertz CT molecular complexity index is 743. The van der Waals surface area contributed by atoms with Gasteiger partial charge in [-0.1, -0.05) is 0 Å². The fourth-order valence-electron chi connectivity index (χ4n) is 2.23. The maximum Gasteiger partial charge on any atom is 0.416 e. The molecule has 2 aromatic rings. The molecular formula is C15H16F3N3O2. The molecule has 0 aliphatic heterocycles. The van der Waals surface area contributed by atoms with E-state index in [1.165, 1.54) is 22.9 Å². The van der Waals surface area contributed by atoms with Crippen LogP contribution in [0.15, 0.2) is 35.3 Å². The lowest BCUT2D eigenvalue weighted by Crippen LogP contribution is -2.23. The lowest BCUT2D eigenvalue weighted by molar-refractivity contribution is -0.137. The molecule has 0 atom stereocenters. The number of carbonyl (C=O) groups excluding carboxylic acids is 1. The summed E-state index contributed by atoms with van der Waals surface area (Å²) in [7, 11) is 0. The maximum atomic E-state index is 12.5. The van der Waals surface area contributed by atoms with Crippen molar-refractivity contribution in [2.75, 3.05) is 5.32 Å². The highest BCUT2D eigenvalue weighted by Crippen LogP contribution is 2.29. The summed E-state index contributed by atoms with van der Waals surface area (Å²) >= 11 is 0. The number of hydrogen-bond acceptors (Lipinski definition) is 2. The number of rotatable bonds is 4. The molecule has 0 aliphatic rings. The number of anilines is 1. The van der Waals surface area contributed by atoms with Gasteiger partial charge in [-0.25, -0.2) is 4.79 Å². The van der Waals surface area contributed by atoms with E-state index in [1.54, 1.807) is 0 Å². The number of halogens is 3. The molecule has 0 aliphatic carbocycles. The number of aromatic nitrogens is 2. The third kappa shape index (κ3) is 4.02. The third-order valence-electron chi connectivity index (χ3n) is 3.24. The Morgan fingerprint density at radius 3 is 2.39 bits per heavy atom. The van der Waals surface area contributed by atoms with Crippen LogP contribution in [0, 0.1) is 0 Å². The zero-order chi connectivity index (χ0) is 17.2. The van der Waals surface area contributed by atoms with Crippen LogP contribution in [-0.4, -0.2) is 15.5 Å². The molecule has 2 rings (SSSR count). The second-order valence-electron chi connectivity index (χ2n) is 5.35. The van der Waals surface area contributed by atoms with Gasteiger partial charge in [0.2, 0.25) is 5.91 Å². The monoisotopic (exact) mass is 327 g/mol. The molecule has 23 heavy (non-hydrogen) atoms. The van der Waals surface area contributed by atoms with Gasteiger partial charge in [-0.15, -0.1) is 0 Å². The second kappa shape index (κ2) is 6.31. The summed E-state index contributed by atoms with van der Waals surface area (Å²) in [5.74, 6) is -0.418. The first-order chi connectivity index (χ1) is 10.7. The Morgan fingerprint density at radius 2 is 1.87 bits per heavy atom. The van der Waals surface area contributed by atoms with Crippen LogP contribution in [0.1, 0.15) is 31.1 Å². The standard InChI is InChI=1S/C15H16F3N3O2/c1-9(2)21-12(8-19-14(21)23)7-13(22)20-11-5-3-10(4-6-11)15(16,17)18/h3-6,8-9H,7H2,1-2H3,(H,19,23)(H,20,22). The van der Waals surface area contributed by atoms with Crippen LogP contribution in [0.2, 0.25) is 0 Å². The van der Waals surface area contributed by atoms with E-state index in [0.717, 1.165) is 12.1 Å². The molecule has 5 nitrogen and oxygen atoms in total. The normalized spacial score (nSPS) is 11.7. The predicted molar refractivity (Wildman–Crippen MR) is 79.2 cm³/mol. The van der Waals surface area contributed by atoms with Gasteiger partial charge < -0.3 is 10.3 Å². The summed E-state index contributed by atoms with van der Waals surface area (Å²) in [5.41, 5.74) is -0.321. The second-order valence-corrected chi connectivity index (χ2v) is 5.35. The highest BCUT2D eigenvalue weighted by Gasteiger charge is 2.30. The van der Waals surface area contributed by atoms with Gasteiger partial charge in [0, 0.05) is 23.6 Å². The number of amides is 1. The molecule has 0 fully saturated rings. The van der Waals surface area contributed by atoms with Gasteiger partial charge in [-0.05, 0) is 38.1 Å². The summed E-state index contributed by atoms with van der Waals surface area (Å²) in [6.07, 6.45) is -3.02. The predicted octanol–water partition coefficient (Wildman–Crippen LogP) is 2.96. The van der Waals surface area contributed by atoms with Gasteiger partial charge in [0.25, 0.3) is 0 Å². The van der Waals surface area contributed by atoms with Crippen LogP contribution in [0.3, 0.4) is 0 Å². The molecule has 1 amide bonds. The number of nitrogens with one attached hydrogen (secondary N) is 2. The maximum absolute atomic E-state index is 12.5. The molecule has 1 aromatic heterocycles. The number of H-pyrrole nitrogens is 1. The number of benzene rings is 1. The van der Waals surface area contributed by atoms with Gasteiger partial charge in [0.05, 0.1) is 12.0 Å². The highest BCUT2D eigenvalue weighted by molar-refractivity contribution is 5.92. The number of aromatic amines is 1. The van der Waals surface area contributed by atoms with Crippen molar-refractivity contribution in [2.45, 2.75) is 32.5 Å². The van der Waals surface area contributed by atoms with E-state index in [4.69, 9.17) is 0 Å². The minimum atomic E-state index is -4.42. The lowest BCUT2D eigenvalue weighted by Gasteiger charge is -2.11. The molecule has 0 spiro atoms. The first-order valence-electron chi connectivity index (χ1n) is 6.94. The van der Waals surface area contributed by atoms with Crippen molar-refractivity contribution in [1.82, 2.24) is 9.55 Å². The zero-order valence-corrected chi connectivity index (χ0v) is 12.6. The van der Waals surface area contributed by atoms with E-state index < -0.39 is 17.6 Å². The molecule has 0 radical (unpaired) electrons. The summed E-state index contributed by atoms with van der Waals surface area (Å²) in [6, 6.07) is 4.06. The molecule has 1 aromatic carbocycles. The fourth-order valence-corrected chi connectivity index (χ4v) is 2.23. The van der Waals surface area contributed by atoms with E-state index in [9.17, 15) is 22.8 Å². The number of carbonyl (C=O) groups is 1. The summed E-state index contributed by atoms with van der Waals surface area (Å²) in [6.45, 7) is 3.62. The Balaban J connectivity index is 2.07. The van der Waals surface area contributed by atoms with Crippen LogP contribution < -0.4 is 11.0 Å².